The van der Waals surface area contributed by atoms with Gasteiger partial charge in [-0.25, -0.2) is 0 Å². The third-order valence-electron chi connectivity index (χ3n) is 8.93. The molecule has 3 aliphatic heterocycles. The van der Waals surface area contributed by atoms with Crippen LogP contribution in [0.15, 0.2) is 35.1 Å². The van der Waals surface area contributed by atoms with Crippen molar-refractivity contribution in [3.8, 4) is 0 Å². The Labute approximate surface area is 288 Å². The molecule has 3 saturated heterocycles. The van der Waals surface area contributed by atoms with Crippen LogP contribution in [0.4, 0.5) is 17.1 Å². The number of nitro groups is 1. The monoisotopic (exact) mass is 730 g/mol. The number of carbonyl (C=O) groups is 3. The lowest BCUT2D eigenvalue weighted by Gasteiger charge is -2.35. The molecule has 0 radical (unpaired) electrons. The van der Waals surface area contributed by atoms with E-state index < -0.39 is 22.9 Å². The normalized spacial score (nSPS) is 24.4. The molecule has 0 bridgehead atoms. The average Bonchev–Trinajstić information content (AvgIpc) is 3.70. The van der Waals surface area contributed by atoms with E-state index in [-0.39, 0.29) is 60.0 Å². The van der Waals surface area contributed by atoms with Crippen LogP contribution in [0.1, 0.15) is 47.4 Å². The van der Waals surface area contributed by atoms with Gasteiger partial charge in [-0.15, -0.1) is 0 Å². The van der Waals surface area contributed by atoms with E-state index in [9.17, 15) is 24.5 Å². The molecule has 0 spiro atoms. The number of methoxy groups -OCH3 is 1. The molecule has 0 unspecified atom stereocenters. The van der Waals surface area contributed by atoms with Gasteiger partial charge in [0.25, 0.3) is 17.5 Å². The minimum Gasteiger partial charge on any atom is -0.387 e. The van der Waals surface area contributed by atoms with Crippen LogP contribution in [0.5, 0.6) is 0 Å². The molecule has 48 heavy (non-hydrogen) atoms. The summed E-state index contributed by atoms with van der Waals surface area (Å²) in [5, 5.41) is 21.7. The van der Waals surface area contributed by atoms with Crippen LogP contribution in [-0.4, -0.2) is 133 Å². The van der Waals surface area contributed by atoms with Crippen LogP contribution >= 0.6 is 15.9 Å². The number of carbonyl (C=O) groups excluding carboxylic acids is 3. The molecule has 3 fully saturated rings. The van der Waals surface area contributed by atoms with Gasteiger partial charge < -0.3 is 35.2 Å². The number of amides is 3. The Morgan fingerprint density at radius 2 is 1.83 bits per heavy atom. The highest BCUT2D eigenvalue weighted by Gasteiger charge is 2.42. The zero-order chi connectivity index (χ0) is 34.5. The Hall–Kier alpha value is -3.86. The maximum atomic E-state index is 13.9. The summed E-state index contributed by atoms with van der Waals surface area (Å²) in [5.74, 6) is -1.07. The average molecular weight is 732 g/mol. The number of nitrogens with zero attached hydrogens (tertiary/aromatic N) is 5. The number of nitro benzene ring substituents is 1. The first-order valence-corrected chi connectivity index (χ1v) is 16.9. The van der Waals surface area contributed by atoms with E-state index in [0.29, 0.717) is 42.0 Å². The molecule has 3 amide bonds. The number of likely N-dealkylation sites (tertiary alicyclic amines) is 2. The zero-order valence-electron chi connectivity index (χ0n) is 27.6. The minimum absolute atomic E-state index is 0.0434. The van der Waals surface area contributed by atoms with Crippen LogP contribution in [0.25, 0.3) is 0 Å². The number of hydrogen-bond donors (Lipinski definition) is 3. The summed E-state index contributed by atoms with van der Waals surface area (Å²) in [6, 6.07) is 3.03. The minimum atomic E-state index is -0.865. The molecule has 5 rings (SSSR count). The van der Waals surface area contributed by atoms with E-state index in [4.69, 9.17) is 9.47 Å². The van der Waals surface area contributed by atoms with E-state index in [2.05, 4.69) is 41.8 Å². The van der Waals surface area contributed by atoms with Gasteiger partial charge in [0, 0.05) is 88.4 Å². The molecule has 4 heterocycles. The summed E-state index contributed by atoms with van der Waals surface area (Å²) in [7, 11) is 3.37. The van der Waals surface area contributed by atoms with Crippen molar-refractivity contribution in [1.29, 1.82) is 0 Å². The van der Waals surface area contributed by atoms with Crippen molar-refractivity contribution in [2.24, 2.45) is 0 Å². The smallest absolute Gasteiger partial charge is 0.294 e. The molecule has 1 aromatic carbocycles. The lowest BCUT2D eigenvalue weighted by molar-refractivity contribution is -0.384. The fourth-order valence-electron chi connectivity index (χ4n) is 6.72. The van der Waals surface area contributed by atoms with Gasteiger partial charge in [-0.2, -0.15) is 0 Å². The highest BCUT2D eigenvalue weighted by Crippen LogP contribution is 2.36. The molecule has 260 valence electrons. The Morgan fingerprint density at radius 1 is 1.08 bits per heavy atom. The number of anilines is 2. The summed E-state index contributed by atoms with van der Waals surface area (Å²) >= 11 is 3.34. The Balaban J connectivity index is 1.43. The van der Waals surface area contributed by atoms with Gasteiger partial charge in [-0.1, -0.05) is 15.9 Å². The SMILES string of the molecule is CNc1cncc(C(=O)N2C[C@H](Nc3c(C(=O)N4C[C@@H](C)O[C@@H](C)C4)cc(Br)cc3[N+](=O)[O-])C[C@H]2C(=O)N[C@H]2CCN(CCOC)C2)c1. The van der Waals surface area contributed by atoms with Crippen molar-refractivity contribution in [2.75, 3.05) is 70.7 Å². The molecule has 0 saturated carbocycles. The number of benzene rings is 1. The second-order valence-electron chi connectivity index (χ2n) is 12.6. The van der Waals surface area contributed by atoms with Crippen molar-refractivity contribution in [2.45, 2.75) is 57.0 Å². The quantitative estimate of drug-likeness (QED) is 0.229. The summed E-state index contributed by atoms with van der Waals surface area (Å²) in [6.45, 7) is 7.32. The Morgan fingerprint density at radius 3 is 2.52 bits per heavy atom. The molecule has 16 heteroatoms. The van der Waals surface area contributed by atoms with Crippen LogP contribution in [0.2, 0.25) is 0 Å². The van der Waals surface area contributed by atoms with Crippen molar-refractivity contribution in [1.82, 2.24) is 25.0 Å². The van der Waals surface area contributed by atoms with E-state index in [1.54, 1.807) is 37.4 Å². The fourth-order valence-corrected chi connectivity index (χ4v) is 7.17. The highest BCUT2D eigenvalue weighted by molar-refractivity contribution is 9.10. The van der Waals surface area contributed by atoms with Gasteiger partial charge in [0.2, 0.25) is 5.91 Å². The highest BCUT2D eigenvalue weighted by atomic mass is 79.9. The van der Waals surface area contributed by atoms with Gasteiger partial charge in [0.05, 0.1) is 40.6 Å². The second kappa shape index (κ2) is 15.6. The molecule has 1 aromatic heterocycles. The number of pyridine rings is 1. The van der Waals surface area contributed by atoms with E-state index in [1.807, 2.05) is 13.8 Å². The first kappa shape index (κ1) is 35.4. The third-order valence-corrected chi connectivity index (χ3v) is 9.39. The van der Waals surface area contributed by atoms with E-state index in [1.165, 1.54) is 17.2 Å². The number of morpholine rings is 1. The van der Waals surface area contributed by atoms with Gasteiger partial charge in [-0.05, 0) is 38.8 Å². The van der Waals surface area contributed by atoms with Crippen molar-refractivity contribution in [3.05, 3.63) is 56.3 Å². The second-order valence-corrected chi connectivity index (χ2v) is 13.5. The first-order valence-electron chi connectivity index (χ1n) is 16.1. The fraction of sp³-hybridized carbons (Fsp3) is 0.562. The van der Waals surface area contributed by atoms with E-state index >= 15 is 0 Å². The van der Waals surface area contributed by atoms with Crippen molar-refractivity contribution >= 4 is 50.7 Å². The van der Waals surface area contributed by atoms with Gasteiger partial charge in [0.1, 0.15) is 11.7 Å². The number of aromatic nitrogens is 1. The topological polar surface area (TPSA) is 172 Å². The molecular formula is C32H43BrN8O7. The molecule has 0 aliphatic carbocycles. The molecule has 5 atom stereocenters. The van der Waals surface area contributed by atoms with E-state index in [0.717, 1.165) is 19.5 Å². The van der Waals surface area contributed by atoms with Crippen LogP contribution < -0.4 is 16.0 Å². The maximum Gasteiger partial charge on any atom is 0.294 e. The zero-order valence-corrected chi connectivity index (χ0v) is 29.2. The third kappa shape index (κ3) is 8.22. The Bertz CT molecular complexity index is 1520. The first-order chi connectivity index (χ1) is 23.0. The largest absolute Gasteiger partial charge is 0.387 e. The lowest BCUT2D eigenvalue weighted by Crippen LogP contribution is -2.49. The lowest BCUT2D eigenvalue weighted by atomic mass is 10.1. The molecule has 2 aromatic rings. The summed E-state index contributed by atoms with van der Waals surface area (Å²) in [6.07, 6.45) is 3.57. The van der Waals surface area contributed by atoms with Crippen LogP contribution in [-0.2, 0) is 14.3 Å². The number of ether oxygens (including phenoxy) is 2. The maximum absolute atomic E-state index is 13.9. The molecule has 3 aliphatic rings. The number of nitrogens with one attached hydrogen (secondary N) is 3. The standard InChI is InChI=1S/C32H43BrN8O7/c1-19-15-39(16-20(2)48-19)32(44)26-10-22(33)11-27(41(45)46)29(26)36-25-12-28(30(42)37-23-5-6-38(17-23)7-8-47-4)40(18-25)31(43)21-9-24(34-3)14-35-13-21/h9-11,13-14,19-20,23,25,28,34,36H,5-8,12,15-18H2,1-4H3,(H,37,42)/t19-,20+,23-,25+,28-/m0/s1. The van der Waals surface area contributed by atoms with Crippen LogP contribution in [0, 0.1) is 10.1 Å². The van der Waals surface area contributed by atoms with Crippen molar-refractivity contribution in [3.63, 3.8) is 0 Å². The van der Waals surface area contributed by atoms with Gasteiger partial charge in [-0.3, -0.25) is 34.4 Å². The summed E-state index contributed by atoms with van der Waals surface area (Å²) in [5.41, 5.74) is 0.810. The molecule has 3 N–H and O–H groups in total. The summed E-state index contributed by atoms with van der Waals surface area (Å²) < 4.78 is 11.4. The number of rotatable bonds is 11. The number of halogens is 1. The summed E-state index contributed by atoms with van der Waals surface area (Å²) in [4.78, 5) is 63.0. The van der Waals surface area contributed by atoms with Crippen molar-refractivity contribution < 1.29 is 28.8 Å². The predicted molar refractivity (Wildman–Crippen MR) is 182 cm³/mol. The predicted octanol–water partition coefficient (Wildman–Crippen LogP) is 2.58. The van der Waals surface area contributed by atoms with Gasteiger partial charge >= 0.3 is 0 Å². The molecule has 15 nitrogen and oxygen atoms in total. The molecular weight excluding hydrogens is 688 g/mol. The Kier molecular flexibility index (Phi) is 11.5. The van der Waals surface area contributed by atoms with Gasteiger partial charge in [0.15, 0.2) is 0 Å². The van der Waals surface area contributed by atoms with Crippen LogP contribution in [0.3, 0.4) is 0 Å². The number of hydrogen-bond acceptors (Lipinski definition) is 11.